The first-order valence-electron chi connectivity index (χ1n) is 11.7. The van der Waals surface area contributed by atoms with Gasteiger partial charge in [-0.1, -0.05) is 102 Å². The van der Waals surface area contributed by atoms with Gasteiger partial charge in [0.2, 0.25) is 0 Å². The average Bonchev–Trinajstić information content (AvgIpc) is 2.70. The fourth-order valence-electron chi connectivity index (χ4n) is 3.49. The van der Waals surface area contributed by atoms with E-state index < -0.39 is 17.9 Å². The highest BCUT2D eigenvalue weighted by atomic mass is 16.5. The smallest absolute Gasteiger partial charge is 0.307 e. The van der Waals surface area contributed by atoms with Gasteiger partial charge >= 0.3 is 11.9 Å². The summed E-state index contributed by atoms with van der Waals surface area (Å²) in [5.74, 6) is -1.99. The van der Waals surface area contributed by atoms with E-state index in [1.54, 1.807) is 0 Å². The minimum atomic E-state index is -0.904. The molecular weight excluding hydrogens is 364 g/mol. The molecule has 0 saturated heterocycles. The van der Waals surface area contributed by atoms with Crippen molar-refractivity contribution < 1.29 is 19.4 Å². The Kier molecular flexibility index (Phi) is 20.0. The van der Waals surface area contributed by atoms with Crippen LogP contribution in [0.3, 0.4) is 0 Å². The second-order valence-electron chi connectivity index (χ2n) is 7.95. The molecule has 1 atom stereocenters. The molecular formula is C25H44O4. The molecule has 0 aromatic heterocycles. The molecule has 1 N–H and O–H groups in total. The number of hydrogen-bond donors (Lipinski definition) is 1. The van der Waals surface area contributed by atoms with Crippen LogP contribution in [0, 0.1) is 5.92 Å². The number of esters is 1. The molecule has 0 rings (SSSR count). The van der Waals surface area contributed by atoms with Gasteiger partial charge in [0, 0.05) is 0 Å². The lowest BCUT2D eigenvalue weighted by molar-refractivity contribution is -0.151. The van der Waals surface area contributed by atoms with Crippen LogP contribution in [0.15, 0.2) is 24.8 Å². The molecule has 0 heterocycles. The predicted molar refractivity (Wildman–Crippen MR) is 121 cm³/mol. The lowest BCUT2D eigenvalue weighted by Crippen LogP contribution is -2.19. The standard InChI is InChI=1S/C25H44O4/c1-3-5-6-7-8-9-10-11-12-13-14-15-16-17-18-19-20-23(25(27)28)22-24(26)29-21-4-2/h3-5,23H,2,6-22H2,1H3,(H,27,28)/b5-3+. The van der Waals surface area contributed by atoms with Gasteiger partial charge in [-0.05, 0) is 26.2 Å². The van der Waals surface area contributed by atoms with Gasteiger partial charge in [-0.3, -0.25) is 9.59 Å². The van der Waals surface area contributed by atoms with Gasteiger partial charge in [0.25, 0.3) is 0 Å². The van der Waals surface area contributed by atoms with Crippen molar-refractivity contribution >= 4 is 11.9 Å². The molecule has 0 radical (unpaired) electrons. The van der Waals surface area contributed by atoms with Crippen molar-refractivity contribution in [1.82, 2.24) is 0 Å². The van der Waals surface area contributed by atoms with Crippen LogP contribution in [0.5, 0.6) is 0 Å². The molecule has 0 aromatic carbocycles. The summed E-state index contributed by atoms with van der Waals surface area (Å²) in [4.78, 5) is 22.8. The number of carbonyl (C=O) groups is 2. The number of rotatable bonds is 21. The Bertz CT molecular complexity index is 442. The zero-order valence-electron chi connectivity index (χ0n) is 18.7. The van der Waals surface area contributed by atoms with Crippen LogP contribution in [-0.2, 0) is 14.3 Å². The molecule has 4 nitrogen and oxygen atoms in total. The maximum Gasteiger partial charge on any atom is 0.307 e. The molecule has 29 heavy (non-hydrogen) atoms. The number of ether oxygens (including phenoxy) is 1. The van der Waals surface area contributed by atoms with Gasteiger partial charge in [0.1, 0.15) is 6.61 Å². The zero-order valence-corrected chi connectivity index (χ0v) is 18.7. The van der Waals surface area contributed by atoms with Gasteiger partial charge in [-0.2, -0.15) is 0 Å². The van der Waals surface area contributed by atoms with Crippen LogP contribution in [0.25, 0.3) is 0 Å². The van der Waals surface area contributed by atoms with Crippen LogP contribution < -0.4 is 0 Å². The normalized spacial score (nSPS) is 12.2. The third kappa shape index (κ3) is 19.5. The number of allylic oxidation sites excluding steroid dienone is 2. The minimum Gasteiger partial charge on any atom is -0.481 e. The van der Waals surface area contributed by atoms with Gasteiger partial charge in [0.05, 0.1) is 12.3 Å². The van der Waals surface area contributed by atoms with E-state index >= 15 is 0 Å². The number of carboxylic acids is 1. The topological polar surface area (TPSA) is 63.6 Å². The second-order valence-corrected chi connectivity index (χ2v) is 7.95. The molecule has 0 fully saturated rings. The summed E-state index contributed by atoms with van der Waals surface area (Å²) in [6, 6.07) is 0. The van der Waals surface area contributed by atoms with Crippen LogP contribution in [0.4, 0.5) is 0 Å². The van der Waals surface area contributed by atoms with Crippen LogP contribution in [0.2, 0.25) is 0 Å². The first-order valence-corrected chi connectivity index (χ1v) is 11.7. The maximum atomic E-state index is 11.6. The summed E-state index contributed by atoms with van der Waals surface area (Å²) in [7, 11) is 0. The number of hydrogen-bond acceptors (Lipinski definition) is 3. The Morgan fingerprint density at radius 2 is 1.34 bits per heavy atom. The lowest BCUT2D eigenvalue weighted by atomic mass is 9.97. The molecule has 1 unspecified atom stereocenters. The fraction of sp³-hybridized carbons (Fsp3) is 0.760. The Morgan fingerprint density at radius 3 is 1.79 bits per heavy atom. The first kappa shape index (κ1) is 27.4. The minimum absolute atomic E-state index is 0.0427. The van der Waals surface area contributed by atoms with Crippen molar-refractivity contribution in [3.8, 4) is 0 Å². The zero-order chi connectivity index (χ0) is 21.6. The molecule has 0 aromatic rings. The van der Waals surface area contributed by atoms with Gasteiger partial charge in [0.15, 0.2) is 0 Å². The van der Waals surface area contributed by atoms with E-state index in [2.05, 4.69) is 25.7 Å². The summed E-state index contributed by atoms with van der Waals surface area (Å²) >= 11 is 0. The van der Waals surface area contributed by atoms with Crippen molar-refractivity contribution in [3.63, 3.8) is 0 Å². The molecule has 0 amide bonds. The number of unbranched alkanes of at least 4 members (excludes halogenated alkanes) is 13. The maximum absolute atomic E-state index is 11.6. The van der Waals surface area contributed by atoms with E-state index in [1.807, 2.05) is 0 Å². The van der Waals surface area contributed by atoms with Crippen molar-refractivity contribution in [3.05, 3.63) is 24.8 Å². The second kappa shape index (κ2) is 21.1. The molecule has 0 aliphatic heterocycles. The Labute approximate surface area is 178 Å². The van der Waals surface area contributed by atoms with Crippen molar-refractivity contribution in [2.24, 2.45) is 5.92 Å². The van der Waals surface area contributed by atoms with E-state index in [1.165, 1.54) is 76.7 Å². The Morgan fingerprint density at radius 1 is 0.862 bits per heavy atom. The highest BCUT2D eigenvalue weighted by Gasteiger charge is 2.21. The fourth-order valence-corrected chi connectivity index (χ4v) is 3.49. The van der Waals surface area contributed by atoms with Crippen LogP contribution in [-0.4, -0.2) is 23.7 Å². The van der Waals surface area contributed by atoms with Gasteiger partial charge in [-0.15, -0.1) is 0 Å². The van der Waals surface area contributed by atoms with E-state index in [9.17, 15) is 14.7 Å². The number of aliphatic carboxylic acids is 1. The molecule has 0 saturated carbocycles. The van der Waals surface area contributed by atoms with Gasteiger partial charge in [-0.25, -0.2) is 0 Å². The number of carbonyl (C=O) groups excluding carboxylic acids is 1. The van der Waals surface area contributed by atoms with Crippen molar-refractivity contribution in [2.45, 2.75) is 110 Å². The van der Waals surface area contributed by atoms with E-state index in [4.69, 9.17) is 4.74 Å². The van der Waals surface area contributed by atoms with Crippen molar-refractivity contribution in [1.29, 1.82) is 0 Å². The summed E-state index contributed by atoms with van der Waals surface area (Å²) in [5.41, 5.74) is 0. The Balaban J connectivity index is 3.45. The highest BCUT2D eigenvalue weighted by Crippen LogP contribution is 2.17. The summed E-state index contributed by atoms with van der Waals surface area (Å²) in [5, 5.41) is 9.24. The SMILES string of the molecule is C=CCOC(=O)CC(CCCCCCCCCCCCCCC/C=C/C)C(=O)O. The predicted octanol–water partition coefficient (Wildman–Crippen LogP) is 7.23. The summed E-state index contributed by atoms with van der Waals surface area (Å²) in [6.45, 7) is 5.70. The monoisotopic (exact) mass is 408 g/mol. The highest BCUT2D eigenvalue weighted by molar-refractivity contribution is 5.78. The molecule has 0 spiro atoms. The third-order valence-corrected chi connectivity index (χ3v) is 5.28. The molecule has 0 aliphatic rings. The van der Waals surface area contributed by atoms with Crippen molar-refractivity contribution in [2.75, 3.05) is 6.61 Å². The summed E-state index contributed by atoms with van der Waals surface area (Å²) in [6.07, 6.45) is 24.0. The van der Waals surface area contributed by atoms with E-state index in [0.29, 0.717) is 6.42 Å². The van der Waals surface area contributed by atoms with Gasteiger partial charge < -0.3 is 9.84 Å². The average molecular weight is 409 g/mol. The van der Waals surface area contributed by atoms with Crippen LogP contribution >= 0.6 is 0 Å². The largest absolute Gasteiger partial charge is 0.481 e. The lowest BCUT2D eigenvalue weighted by Gasteiger charge is -2.11. The van der Waals surface area contributed by atoms with E-state index in [0.717, 1.165) is 19.3 Å². The van der Waals surface area contributed by atoms with Crippen LogP contribution in [0.1, 0.15) is 110 Å². The van der Waals surface area contributed by atoms with E-state index in [-0.39, 0.29) is 13.0 Å². The number of carboxylic acid groups (broad SMARTS) is 1. The summed E-state index contributed by atoms with van der Waals surface area (Å²) < 4.78 is 4.88. The molecule has 168 valence electrons. The Hall–Kier alpha value is -1.58. The third-order valence-electron chi connectivity index (χ3n) is 5.28. The molecule has 4 heteroatoms. The molecule has 0 bridgehead atoms. The first-order chi connectivity index (χ1) is 14.1. The molecule has 0 aliphatic carbocycles. The quantitative estimate of drug-likeness (QED) is 0.124.